The Balaban J connectivity index is 2.30. The highest BCUT2D eigenvalue weighted by atomic mass is 35.5. The predicted octanol–water partition coefficient (Wildman–Crippen LogP) is 0.628. The van der Waals surface area contributed by atoms with Gasteiger partial charge in [-0.1, -0.05) is 11.6 Å². The van der Waals surface area contributed by atoms with E-state index in [1.165, 1.54) is 22.2 Å². The molecule has 2 aromatic rings. The van der Waals surface area contributed by atoms with Gasteiger partial charge >= 0.3 is 0 Å². The minimum absolute atomic E-state index is 0.0895. The summed E-state index contributed by atoms with van der Waals surface area (Å²) in [4.78, 5) is 7.92. The van der Waals surface area contributed by atoms with Crippen molar-refractivity contribution in [2.75, 3.05) is 7.05 Å². The predicted molar refractivity (Wildman–Crippen MR) is 70.1 cm³/mol. The van der Waals surface area contributed by atoms with Gasteiger partial charge in [-0.3, -0.25) is 0 Å². The van der Waals surface area contributed by atoms with Crippen LogP contribution in [-0.4, -0.2) is 38.9 Å². The zero-order valence-corrected chi connectivity index (χ0v) is 12.4. The molecule has 0 aliphatic carbocycles. The van der Waals surface area contributed by atoms with E-state index < -0.39 is 10.0 Å². The molecule has 0 saturated heterocycles. The van der Waals surface area contributed by atoms with Crippen molar-refractivity contribution in [1.29, 1.82) is 0 Å². The molecule has 7 nitrogen and oxygen atoms in total. The summed E-state index contributed by atoms with van der Waals surface area (Å²) in [6, 6.07) is 0. The molecule has 0 amide bonds. The minimum Gasteiger partial charge on any atom is -0.337 e. The van der Waals surface area contributed by atoms with Crippen molar-refractivity contribution < 1.29 is 8.42 Å². The first-order valence-corrected chi connectivity index (χ1v) is 7.25. The van der Waals surface area contributed by atoms with Gasteiger partial charge in [0.05, 0.1) is 12.9 Å². The second-order valence-corrected chi connectivity index (χ2v) is 6.49. The van der Waals surface area contributed by atoms with Crippen LogP contribution in [0.15, 0.2) is 23.7 Å². The summed E-state index contributed by atoms with van der Waals surface area (Å²) >= 11 is 5.92. The molecule has 19 heavy (non-hydrogen) atoms. The standard InChI is InChI=1S/C10H14ClN5O2S/c1-14-5-4-12-8(14)6-16(3)19(17,18)10-9(11)15(2)7-13-10/h4-5,7H,6H2,1-3H3. The second-order valence-electron chi connectivity index (χ2n) is 4.17. The van der Waals surface area contributed by atoms with Gasteiger partial charge < -0.3 is 9.13 Å². The molecule has 0 bridgehead atoms. The van der Waals surface area contributed by atoms with Crippen LogP contribution in [0.3, 0.4) is 0 Å². The molecular formula is C10H14ClN5O2S. The maximum absolute atomic E-state index is 12.3. The summed E-state index contributed by atoms with van der Waals surface area (Å²) in [7, 11) is 1.18. The lowest BCUT2D eigenvalue weighted by molar-refractivity contribution is 0.449. The van der Waals surface area contributed by atoms with Crippen molar-refractivity contribution in [3.63, 3.8) is 0 Å². The van der Waals surface area contributed by atoms with Gasteiger partial charge in [-0.2, -0.15) is 4.31 Å². The number of sulfonamides is 1. The highest BCUT2D eigenvalue weighted by molar-refractivity contribution is 7.89. The number of hydrogen-bond donors (Lipinski definition) is 0. The Labute approximate surface area is 116 Å². The molecule has 0 spiro atoms. The quantitative estimate of drug-likeness (QED) is 0.830. The van der Waals surface area contributed by atoms with E-state index in [-0.39, 0.29) is 16.7 Å². The van der Waals surface area contributed by atoms with Crippen LogP contribution in [0, 0.1) is 0 Å². The van der Waals surface area contributed by atoms with Crippen molar-refractivity contribution in [3.8, 4) is 0 Å². The smallest absolute Gasteiger partial charge is 0.263 e. The van der Waals surface area contributed by atoms with Gasteiger partial charge in [0.1, 0.15) is 11.0 Å². The van der Waals surface area contributed by atoms with Gasteiger partial charge in [0, 0.05) is 33.5 Å². The Morgan fingerprint density at radius 1 is 1.32 bits per heavy atom. The molecule has 0 saturated carbocycles. The summed E-state index contributed by atoms with van der Waals surface area (Å²) in [5, 5.41) is -0.0555. The lowest BCUT2D eigenvalue weighted by Gasteiger charge is -2.15. The average molecular weight is 304 g/mol. The number of aryl methyl sites for hydroxylation is 2. The summed E-state index contributed by atoms with van der Waals surface area (Å²) in [5.41, 5.74) is 0. The summed E-state index contributed by atoms with van der Waals surface area (Å²) in [6.07, 6.45) is 4.73. The second kappa shape index (κ2) is 4.95. The van der Waals surface area contributed by atoms with Crippen LogP contribution in [0.4, 0.5) is 0 Å². The Morgan fingerprint density at radius 2 is 2.00 bits per heavy atom. The first-order chi connectivity index (χ1) is 8.84. The van der Waals surface area contributed by atoms with E-state index in [2.05, 4.69) is 9.97 Å². The van der Waals surface area contributed by atoms with Crippen molar-refractivity contribution >= 4 is 21.6 Å². The van der Waals surface area contributed by atoms with E-state index >= 15 is 0 Å². The lowest BCUT2D eigenvalue weighted by atomic mass is 10.6. The van der Waals surface area contributed by atoms with E-state index in [9.17, 15) is 8.42 Å². The molecule has 2 rings (SSSR count). The van der Waals surface area contributed by atoms with E-state index in [4.69, 9.17) is 11.6 Å². The van der Waals surface area contributed by atoms with Crippen LogP contribution in [0.25, 0.3) is 0 Å². The van der Waals surface area contributed by atoms with Crippen LogP contribution in [0.5, 0.6) is 0 Å². The third-order valence-corrected chi connectivity index (χ3v) is 5.07. The van der Waals surface area contributed by atoms with Gasteiger partial charge in [0.25, 0.3) is 10.0 Å². The van der Waals surface area contributed by atoms with Gasteiger partial charge in [-0.05, 0) is 0 Å². The third-order valence-electron chi connectivity index (χ3n) is 2.77. The van der Waals surface area contributed by atoms with Crippen LogP contribution in [0.1, 0.15) is 5.82 Å². The van der Waals surface area contributed by atoms with E-state index in [0.717, 1.165) is 0 Å². The Hall–Kier alpha value is -1.38. The van der Waals surface area contributed by atoms with Crippen molar-refractivity contribution in [1.82, 2.24) is 23.4 Å². The molecule has 0 radical (unpaired) electrons. The lowest BCUT2D eigenvalue weighted by Crippen LogP contribution is -2.28. The minimum atomic E-state index is -3.73. The van der Waals surface area contributed by atoms with Crippen LogP contribution < -0.4 is 0 Å². The first-order valence-electron chi connectivity index (χ1n) is 5.43. The van der Waals surface area contributed by atoms with Crippen molar-refractivity contribution in [2.24, 2.45) is 14.1 Å². The Morgan fingerprint density at radius 3 is 2.47 bits per heavy atom. The maximum atomic E-state index is 12.3. The molecule has 2 aromatic heterocycles. The zero-order chi connectivity index (χ0) is 14.2. The van der Waals surface area contributed by atoms with Gasteiger partial charge in [-0.15, -0.1) is 0 Å². The monoisotopic (exact) mass is 303 g/mol. The summed E-state index contributed by atoms with van der Waals surface area (Å²) in [6.45, 7) is 0.152. The normalized spacial score (nSPS) is 12.3. The topological polar surface area (TPSA) is 73.0 Å². The Bertz CT molecular complexity index is 691. The molecule has 0 atom stereocenters. The maximum Gasteiger partial charge on any atom is 0.263 e. The molecule has 0 unspecified atom stereocenters. The molecule has 0 aliphatic heterocycles. The van der Waals surface area contributed by atoms with Gasteiger partial charge in [-0.25, -0.2) is 18.4 Å². The number of hydrogen-bond acceptors (Lipinski definition) is 4. The van der Waals surface area contributed by atoms with Crippen molar-refractivity contribution in [2.45, 2.75) is 11.6 Å². The Kier molecular flexibility index (Phi) is 3.66. The fourth-order valence-electron chi connectivity index (χ4n) is 1.55. The van der Waals surface area contributed by atoms with Gasteiger partial charge in [0.15, 0.2) is 0 Å². The molecule has 104 valence electrons. The van der Waals surface area contributed by atoms with Gasteiger partial charge in [0.2, 0.25) is 5.03 Å². The summed E-state index contributed by atoms with van der Waals surface area (Å²) in [5.74, 6) is 0.637. The fraction of sp³-hybridized carbons (Fsp3) is 0.400. The van der Waals surface area contributed by atoms with E-state index in [1.54, 1.807) is 31.1 Å². The first kappa shape index (κ1) is 14.0. The largest absolute Gasteiger partial charge is 0.337 e. The molecule has 9 heteroatoms. The molecule has 0 aliphatic rings. The number of aromatic nitrogens is 4. The third kappa shape index (κ3) is 2.51. The average Bonchev–Trinajstić information content (AvgIpc) is 2.88. The molecular weight excluding hydrogens is 290 g/mol. The molecule has 0 fully saturated rings. The van der Waals surface area contributed by atoms with Crippen LogP contribution in [0.2, 0.25) is 5.15 Å². The van der Waals surface area contributed by atoms with Crippen molar-refractivity contribution in [3.05, 3.63) is 29.7 Å². The zero-order valence-electron chi connectivity index (χ0n) is 10.8. The number of imidazole rings is 2. The van der Waals surface area contributed by atoms with Crippen LogP contribution >= 0.6 is 11.6 Å². The van der Waals surface area contributed by atoms with E-state index in [0.29, 0.717) is 5.82 Å². The number of nitrogens with zero attached hydrogens (tertiary/aromatic N) is 5. The molecule has 0 N–H and O–H groups in total. The fourth-order valence-corrected chi connectivity index (χ4v) is 3.05. The number of rotatable bonds is 4. The van der Waals surface area contributed by atoms with Crippen LogP contribution in [-0.2, 0) is 30.7 Å². The highest BCUT2D eigenvalue weighted by Crippen LogP contribution is 2.22. The SMILES string of the molecule is CN(Cc1nccn1C)S(=O)(=O)c1ncn(C)c1Cl. The molecule has 2 heterocycles. The highest BCUT2D eigenvalue weighted by Gasteiger charge is 2.27. The number of halogens is 1. The van der Waals surface area contributed by atoms with E-state index in [1.807, 2.05) is 0 Å². The molecule has 0 aromatic carbocycles. The summed E-state index contributed by atoms with van der Waals surface area (Å²) < 4.78 is 29.0.